The number of para-hydroxylation sites is 4. The van der Waals surface area contributed by atoms with Crippen LogP contribution in [0.5, 0.6) is 0 Å². The fourth-order valence-corrected chi connectivity index (χ4v) is 15.9. The molecule has 8 heterocycles. The number of hydrogen-bond acceptors (Lipinski definition) is 6. The SMILES string of the molecule is c1ccc(-c2ccc3ccc4ccc(-c5ccc(-n6c7ccccc7c7c(-c8ccc(-c9cc%10ccc(-c%11ccc(-c%12ccc(-n%13c%14ccccc%14c%14c(-c%15ccccc%15)nc%15ccccc%15c%14%13)cc%12)cc%11)nc%10c%10nc(-c%11ccccc%11)ccc9%10)cc8)nc8ccccc8c76)cc5)nc4c3n2)cc1. The van der Waals surface area contributed by atoms with Crippen molar-refractivity contribution in [2.45, 2.75) is 0 Å². The summed E-state index contributed by atoms with van der Waals surface area (Å²) in [5, 5.41) is 10.9. The van der Waals surface area contributed by atoms with E-state index in [-0.39, 0.29) is 0 Å². The Balaban J connectivity index is 0.623. The van der Waals surface area contributed by atoms with E-state index in [1.165, 1.54) is 5.39 Å². The van der Waals surface area contributed by atoms with Gasteiger partial charge in [-0.2, -0.15) is 0 Å². The summed E-state index contributed by atoms with van der Waals surface area (Å²) in [5.74, 6) is 0. The number of aromatic nitrogens is 8. The summed E-state index contributed by atoms with van der Waals surface area (Å²) >= 11 is 0. The molecule has 21 aromatic rings. The Morgan fingerprint density at radius 2 is 0.529 bits per heavy atom. The first-order chi connectivity index (χ1) is 51.5. The highest BCUT2D eigenvalue weighted by Gasteiger charge is 2.24. The van der Waals surface area contributed by atoms with Gasteiger partial charge in [-0.05, 0) is 107 Å². The van der Waals surface area contributed by atoms with Crippen molar-refractivity contribution in [3.63, 3.8) is 0 Å². The molecule has 0 radical (unpaired) electrons. The third-order valence-corrected chi connectivity index (χ3v) is 20.9. The summed E-state index contributed by atoms with van der Waals surface area (Å²) in [5.41, 5.74) is 28.2. The highest BCUT2D eigenvalue weighted by Crippen LogP contribution is 2.45. The van der Waals surface area contributed by atoms with Crippen molar-refractivity contribution in [2.24, 2.45) is 0 Å². The Morgan fingerprint density at radius 1 is 0.202 bits per heavy atom. The molecule has 8 heteroatoms. The summed E-state index contributed by atoms with van der Waals surface area (Å²) in [6.07, 6.45) is 0. The molecule has 0 spiro atoms. The van der Waals surface area contributed by atoms with Crippen LogP contribution in [0.2, 0.25) is 0 Å². The third kappa shape index (κ3) is 9.61. The van der Waals surface area contributed by atoms with Gasteiger partial charge in [0.25, 0.3) is 0 Å². The normalized spacial score (nSPS) is 11.8. The van der Waals surface area contributed by atoms with E-state index in [9.17, 15) is 0 Å². The fourth-order valence-electron chi connectivity index (χ4n) is 15.9. The standard InChI is InChI=1S/C96H58N8/c1-4-18-62(19-5-1)79-54-46-68-40-41-69-47-55-80(98-92(69)91(68)97-79)65-44-51-72(52-45-65)104-86-31-17-13-27-77(86)88-90(102-84-29-15-11-25-75(84)96(88)104)67-38-34-61(35-39-67)78-58-70-48-56-81(99-93(70)94-73(78)53-57-82(100-94)63-20-6-2-7-21-63)64-36-32-59(33-37-64)60-42-49-71(50-43-60)103-85-30-16-12-26-76(85)87-89(66-22-8-3-9-23-66)101-83-28-14-10-24-74(83)95(87)103/h1-58H. The largest absolute Gasteiger partial charge is 0.308 e. The smallest absolute Gasteiger partial charge is 0.0978 e. The quantitative estimate of drug-likeness (QED) is 0.127. The van der Waals surface area contributed by atoms with E-state index in [1.54, 1.807) is 0 Å². The van der Waals surface area contributed by atoms with E-state index in [1.807, 2.05) is 12.1 Å². The second kappa shape index (κ2) is 23.8. The van der Waals surface area contributed by atoms with Crippen molar-refractivity contribution >= 4 is 109 Å². The maximum absolute atomic E-state index is 5.54. The van der Waals surface area contributed by atoms with Gasteiger partial charge in [-0.1, -0.05) is 267 Å². The lowest BCUT2D eigenvalue weighted by atomic mass is 9.94. The molecule has 8 nitrogen and oxygen atoms in total. The number of rotatable bonds is 10. The summed E-state index contributed by atoms with van der Waals surface area (Å²) in [4.78, 5) is 32.3. The van der Waals surface area contributed by atoms with Crippen molar-refractivity contribution < 1.29 is 0 Å². The minimum Gasteiger partial charge on any atom is -0.308 e. The van der Waals surface area contributed by atoms with Crippen LogP contribution in [0.3, 0.4) is 0 Å². The maximum atomic E-state index is 5.54. The monoisotopic (exact) mass is 1320 g/mol. The van der Waals surface area contributed by atoms with Crippen LogP contribution in [0.15, 0.2) is 352 Å². The molecule has 0 aliphatic rings. The molecule has 0 unspecified atom stereocenters. The summed E-state index contributed by atoms with van der Waals surface area (Å²) in [6.45, 7) is 0. The van der Waals surface area contributed by atoms with Gasteiger partial charge in [0, 0.05) is 98.6 Å². The van der Waals surface area contributed by atoms with Crippen LogP contribution in [-0.4, -0.2) is 39.0 Å². The Kier molecular flexibility index (Phi) is 13.5. The zero-order chi connectivity index (χ0) is 68.3. The van der Waals surface area contributed by atoms with Crippen molar-refractivity contribution in [2.75, 3.05) is 0 Å². The molecule has 8 aromatic heterocycles. The first-order valence-corrected chi connectivity index (χ1v) is 35.2. The van der Waals surface area contributed by atoms with Crippen LogP contribution >= 0.6 is 0 Å². The van der Waals surface area contributed by atoms with Gasteiger partial charge in [0.2, 0.25) is 0 Å². The Morgan fingerprint density at radius 3 is 1.02 bits per heavy atom. The second-order valence-corrected chi connectivity index (χ2v) is 26.8. The highest BCUT2D eigenvalue weighted by atomic mass is 15.0. The molecule has 21 rings (SSSR count). The van der Waals surface area contributed by atoms with E-state index in [0.717, 1.165) is 205 Å². The Bertz CT molecular complexity index is 7030. The average molecular weight is 1320 g/mol. The van der Waals surface area contributed by atoms with Crippen LogP contribution in [-0.2, 0) is 0 Å². The van der Waals surface area contributed by atoms with Crippen molar-refractivity contribution in [1.29, 1.82) is 0 Å². The van der Waals surface area contributed by atoms with Gasteiger partial charge in [-0.25, -0.2) is 29.9 Å². The number of fused-ring (bicyclic) bond motifs is 16. The predicted octanol–water partition coefficient (Wildman–Crippen LogP) is 24.5. The van der Waals surface area contributed by atoms with E-state index >= 15 is 0 Å². The number of benzene rings is 13. The zero-order valence-corrected chi connectivity index (χ0v) is 56.1. The predicted molar refractivity (Wildman–Crippen MR) is 430 cm³/mol. The molecular weight excluding hydrogens is 1270 g/mol. The summed E-state index contributed by atoms with van der Waals surface area (Å²) in [7, 11) is 0. The first-order valence-electron chi connectivity index (χ1n) is 35.2. The number of pyridine rings is 6. The molecule has 104 heavy (non-hydrogen) atoms. The van der Waals surface area contributed by atoms with Crippen LogP contribution in [0.25, 0.3) is 210 Å². The van der Waals surface area contributed by atoms with Gasteiger partial charge < -0.3 is 9.13 Å². The van der Waals surface area contributed by atoms with Gasteiger partial charge in [0.1, 0.15) is 0 Å². The van der Waals surface area contributed by atoms with Crippen LogP contribution in [0, 0.1) is 0 Å². The van der Waals surface area contributed by atoms with Crippen LogP contribution in [0.4, 0.5) is 0 Å². The fraction of sp³-hybridized carbons (Fsp3) is 0. The van der Waals surface area contributed by atoms with E-state index < -0.39 is 0 Å². The Hall–Kier alpha value is -14.1. The van der Waals surface area contributed by atoms with Crippen molar-refractivity contribution in [3.8, 4) is 101 Å². The summed E-state index contributed by atoms with van der Waals surface area (Å²) < 4.78 is 4.82. The molecule has 0 aliphatic carbocycles. The average Bonchev–Trinajstić information content (AvgIpc) is 1.56. The molecule has 0 bridgehead atoms. The Labute approximate surface area is 597 Å². The van der Waals surface area contributed by atoms with Crippen molar-refractivity contribution in [1.82, 2.24) is 39.0 Å². The second-order valence-electron chi connectivity index (χ2n) is 26.8. The third-order valence-electron chi connectivity index (χ3n) is 20.9. The van der Waals surface area contributed by atoms with Gasteiger partial charge >= 0.3 is 0 Å². The van der Waals surface area contributed by atoms with Gasteiger partial charge in [0.05, 0.1) is 89.3 Å². The minimum atomic E-state index is 0.848. The zero-order valence-electron chi connectivity index (χ0n) is 56.1. The number of hydrogen-bond donors (Lipinski definition) is 0. The molecule has 0 aliphatic heterocycles. The molecular formula is C96H58N8. The molecule has 0 N–H and O–H groups in total. The highest BCUT2D eigenvalue weighted by molar-refractivity contribution is 6.24. The molecule has 0 saturated heterocycles. The maximum Gasteiger partial charge on any atom is 0.0978 e. The molecule has 0 atom stereocenters. The minimum absolute atomic E-state index is 0.848. The van der Waals surface area contributed by atoms with Crippen LogP contribution in [0.1, 0.15) is 0 Å². The van der Waals surface area contributed by atoms with Crippen LogP contribution < -0.4 is 0 Å². The van der Waals surface area contributed by atoms with Gasteiger partial charge in [-0.3, -0.25) is 0 Å². The van der Waals surface area contributed by atoms with E-state index in [0.29, 0.717) is 0 Å². The van der Waals surface area contributed by atoms with E-state index in [4.69, 9.17) is 29.9 Å². The van der Waals surface area contributed by atoms with Gasteiger partial charge in [-0.15, -0.1) is 0 Å². The van der Waals surface area contributed by atoms with Crippen molar-refractivity contribution in [3.05, 3.63) is 352 Å². The molecule has 13 aromatic carbocycles. The molecule has 0 saturated carbocycles. The number of nitrogens with zero attached hydrogens (tertiary/aromatic N) is 8. The van der Waals surface area contributed by atoms with E-state index in [2.05, 4.69) is 349 Å². The molecule has 482 valence electrons. The molecule has 0 amide bonds. The lowest BCUT2D eigenvalue weighted by Crippen LogP contribution is -1.96. The van der Waals surface area contributed by atoms with Gasteiger partial charge in [0.15, 0.2) is 0 Å². The topological polar surface area (TPSA) is 87.2 Å². The lowest BCUT2D eigenvalue weighted by Gasteiger charge is -2.14. The molecule has 0 fully saturated rings. The summed E-state index contributed by atoms with van der Waals surface area (Å²) in [6, 6.07) is 125. The lowest BCUT2D eigenvalue weighted by molar-refractivity contribution is 1.18. The first kappa shape index (κ1) is 58.8.